The van der Waals surface area contributed by atoms with E-state index < -0.39 is 0 Å². The molecule has 0 amide bonds. The fourth-order valence-electron chi connectivity index (χ4n) is 3.77. The molecule has 0 unspecified atom stereocenters. The van der Waals surface area contributed by atoms with E-state index in [-0.39, 0.29) is 31.3 Å². The van der Waals surface area contributed by atoms with Crippen LogP contribution in [0.4, 0.5) is 0 Å². The summed E-state index contributed by atoms with van der Waals surface area (Å²) >= 11 is 0. The van der Waals surface area contributed by atoms with Gasteiger partial charge in [0.05, 0.1) is 0 Å². The van der Waals surface area contributed by atoms with Crippen LogP contribution in [0, 0.1) is 13.8 Å². The fourth-order valence-corrected chi connectivity index (χ4v) is 3.77. The molecule has 6 aromatic rings. The summed E-state index contributed by atoms with van der Waals surface area (Å²) < 4.78 is 0. The van der Waals surface area contributed by atoms with Crippen molar-refractivity contribution in [2.45, 2.75) is 13.8 Å². The second-order valence-electron chi connectivity index (χ2n) is 8.52. The van der Waals surface area contributed by atoms with E-state index >= 15 is 0 Å². The average Bonchev–Trinajstić information content (AvgIpc) is 2.91. The molecule has 0 atom stereocenters. The van der Waals surface area contributed by atoms with Crippen LogP contribution in [0.2, 0.25) is 0 Å². The molecule has 0 spiro atoms. The van der Waals surface area contributed by atoms with Crippen LogP contribution in [-0.4, -0.2) is 45.1 Å². The van der Waals surface area contributed by atoms with Gasteiger partial charge < -0.3 is 15.3 Å². The van der Waals surface area contributed by atoms with E-state index in [0.29, 0.717) is 16.8 Å². The molecule has 6 rings (SSSR count). The molecule has 0 aliphatic rings. The molecular formula is C32H28GaN2O3. The van der Waals surface area contributed by atoms with E-state index in [1.165, 1.54) is 0 Å². The van der Waals surface area contributed by atoms with Gasteiger partial charge in [-0.1, -0.05) is 78.9 Å². The Bertz CT molecular complexity index is 1560. The molecule has 2 heterocycles. The fraction of sp³-hybridized carbons (Fsp3) is 0.0625. The number of nitrogens with zero attached hydrogens (tertiary/aromatic N) is 2. The number of aromatic nitrogens is 2. The van der Waals surface area contributed by atoms with E-state index in [4.69, 9.17) is 0 Å². The zero-order valence-electron chi connectivity index (χ0n) is 21.3. The van der Waals surface area contributed by atoms with Crippen LogP contribution in [0.15, 0.2) is 115 Å². The van der Waals surface area contributed by atoms with E-state index in [9.17, 15) is 15.3 Å². The summed E-state index contributed by atoms with van der Waals surface area (Å²) in [5.41, 5.74) is 5.36. The predicted molar refractivity (Wildman–Crippen MR) is 156 cm³/mol. The molecule has 3 N–H and O–H groups in total. The Morgan fingerprint density at radius 1 is 0.474 bits per heavy atom. The van der Waals surface area contributed by atoms with Crippen molar-refractivity contribution >= 4 is 41.6 Å². The Balaban J connectivity index is 0.000000156. The number of hydrogen-bond acceptors (Lipinski definition) is 5. The molecule has 0 aliphatic heterocycles. The zero-order valence-corrected chi connectivity index (χ0v) is 23.7. The van der Waals surface area contributed by atoms with Crippen molar-refractivity contribution in [3.05, 3.63) is 127 Å². The van der Waals surface area contributed by atoms with Gasteiger partial charge in [-0.05, 0) is 61.4 Å². The van der Waals surface area contributed by atoms with Gasteiger partial charge in [0.2, 0.25) is 0 Å². The number of phenols is 3. The molecule has 3 radical (unpaired) electrons. The first-order chi connectivity index (χ1) is 17.9. The Kier molecular flexibility index (Phi) is 9.93. The van der Waals surface area contributed by atoms with Gasteiger partial charge in [-0.25, -0.2) is 9.97 Å². The molecule has 0 fully saturated rings. The first-order valence-corrected chi connectivity index (χ1v) is 11.9. The molecule has 38 heavy (non-hydrogen) atoms. The number of aryl methyl sites for hydroxylation is 2. The van der Waals surface area contributed by atoms with Crippen LogP contribution in [0.1, 0.15) is 11.4 Å². The predicted octanol–water partition coefficient (Wildman–Crippen LogP) is 7.18. The summed E-state index contributed by atoms with van der Waals surface area (Å²) in [4.78, 5) is 8.45. The van der Waals surface area contributed by atoms with Crippen LogP contribution < -0.4 is 0 Å². The summed E-state index contributed by atoms with van der Waals surface area (Å²) in [6.07, 6.45) is 0. The quantitative estimate of drug-likeness (QED) is 0.186. The number of fused-ring (bicyclic) bond motifs is 2. The first kappa shape index (κ1) is 28.3. The molecular weight excluding hydrogens is 530 g/mol. The number of phenolic OH excluding ortho intramolecular Hbond substituents is 3. The summed E-state index contributed by atoms with van der Waals surface area (Å²) in [5, 5.41) is 30.1. The molecule has 5 nitrogen and oxygen atoms in total. The van der Waals surface area contributed by atoms with Crippen LogP contribution in [-0.2, 0) is 0 Å². The van der Waals surface area contributed by atoms with Crippen molar-refractivity contribution in [2.24, 2.45) is 0 Å². The first-order valence-electron chi connectivity index (χ1n) is 11.9. The van der Waals surface area contributed by atoms with Crippen LogP contribution in [0.25, 0.3) is 32.9 Å². The standard InChI is InChI=1S/C12H10O.2C10H9NO.Ga/c13-12-8-4-7-11(9-12)10-5-2-1-3-6-10;2*1-7-5-6-8-3-2-4-9(12)10(8)11-7;/h1-9,13H;2*2-6,12H,1H3;. The maximum atomic E-state index is 9.43. The summed E-state index contributed by atoms with van der Waals surface area (Å²) in [7, 11) is 0. The van der Waals surface area contributed by atoms with Crippen LogP contribution >= 0.6 is 0 Å². The van der Waals surface area contributed by atoms with Gasteiger partial charge in [0, 0.05) is 42.0 Å². The molecule has 187 valence electrons. The largest absolute Gasteiger partial charge is 0.508 e. The number of aromatic hydroxyl groups is 3. The van der Waals surface area contributed by atoms with Crippen molar-refractivity contribution in [2.75, 3.05) is 0 Å². The topological polar surface area (TPSA) is 86.5 Å². The number of hydrogen-bond donors (Lipinski definition) is 3. The molecule has 0 aliphatic carbocycles. The summed E-state index contributed by atoms with van der Waals surface area (Å²) in [6, 6.07) is 35.8. The molecule has 0 saturated carbocycles. The van der Waals surface area contributed by atoms with Crippen molar-refractivity contribution in [3.8, 4) is 28.4 Å². The second kappa shape index (κ2) is 13.3. The maximum Gasteiger partial charge on any atom is 0.141 e. The van der Waals surface area contributed by atoms with E-state index in [2.05, 4.69) is 9.97 Å². The average molecular weight is 558 g/mol. The Labute approximate surface area is 235 Å². The van der Waals surface area contributed by atoms with Gasteiger partial charge in [0.25, 0.3) is 0 Å². The molecule has 4 aromatic carbocycles. The second-order valence-corrected chi connectivity index (χ2v) is 8.52. The van der Waals surface area contributed by atoms with Crippen molar-refractivity contribution < 1.29 is 15.3 Å². The number of para-hydroxylation sites is 2. The molecule has 0 saturated heterocycles. The van der Waals surface area contributed by atoms with Crippen LogP contribution in [0.3, 0.4) is 0 Å². The third-order valence-electron chi connectivity index (χ3n) is 5.63. The van der Waals surface area contributed by atoms with Crippen LogP contribution in [0.5, 0.6) is 17.2 Å². The Morgan fingerprint density at radius 2 is 0.947 bits per heavy atom. The minimum atomic E-state index is 0. The third kappa shape index (κ3) is 7.38. The SMILES string of the molecule is Cc1ccc2cccc(O)c2n1.Cc1ccc2cccc(O)c2n1.Oc1cccc(-c2ccccc2)c1.[Ga]. The molecule has 0 bridgehead atoms. The molecule has 6 heteroatoms. The van der Waals surface area contributed by atoms with Crippen molar-refractivity contribution in [1.82, 2.24) is 9.97 Å². The van der Waals surface area contributed by atoms with E-state index in [1.54, 1.807) is 24.3 Å². The van der Waals surface area contributed by atoms with E-state index in [1.807, 2.05) is 105 Å². The van der Waals surface area contributed by atoms with Gasteiger partial charge in [-0.3, -0.25) is 0 Å². The Hall–Kier alpha value is -4.26. The summed E-state index contributed by atoms with van der Waals surface area (Å²) in [6.45, 7) is 3.82. The van der Waals surface area contributed by atoms with Gasteiger partial charge in [-0.15, -0.1) is 0 Å². The van der Waals surface area contributed by atoms with Crippen molar-refractivity contribution in [3.63, 3.8) is 0 Å². The Morgan fingerprint density at radius 3 is 1.45 bits per heavy atom. The number of pyridine rings is 2. The van der Waals surface area contributed by atoms with E-state index in [0.717, 1.165) is 33.3 Å². The molecule has 2 aromatic heterocycles. The third-order valence-corrected chi connectivity index (χ3v) is 5.63. The van der Waals surface area contributed by atoms with Gasteiger partial charge in [0.1, 0.15) is 28.3 Å². The monoisotopic (exact) mass is 557 g/mol. The normalized spacial score (nSPS) is 9.95. The number of benzene rings is 4. The van der Waals surface area contributed by atoms with Crippen molar-refractivity contribution in [1.29, 1.82) is 0 Å². The zero-order chi connectivity index (χ0) is 26.2. The minimum absolute atomic E-state index is 0. The van der Waals surface area contributed by atoms with Gasteiger partial charge >= 0.3 is 0 Å². The minimum Gasteiger partial charge on any atom is -0.508 e. The van der Waals surface area contributed by atoms with Gasteiger partial charge in [-0.2, -0.15) is 0 Å². The summed E-state index contributed by atoms with van der Waals surface area (Å²) in [5.74, 6) is 0.800. The maximum absolute atomic E-state index is 9.43. The number of rotatable bonds is 1. The smallest absolute Gasteiger partial charge is 0.141 e. The van der Waals surface area contributed by atoms with Gasteiger partial charge in [0.15, 0.2) is 0 Å².